The molecule has 0 aromatic heterocycles. The van der Waals surface area contributed by atoms with E-state index >= 15 is 0 Å². The Morgan fingerprint density at radius 3 is 2.38 bits per heavy atom. The number of nitro groups is 1. The second-order valence-electron chi connectivity index (χ2n) is 2.73. The van der Waals surface area contributed by atoms with E-state index in [9.17, 15) is 0 Å². The van der Waals surface area contributed by atoms with Crippen molar-refractivity contribution in [1.29, 1.82) is 0 Å². The molecule has 0 radical (unpaired) electrons. The van der Waals surface area contributed by atoms with Crippen molar-refractivity contribution in [3.05, 3.63) is 57.7 Å². The predicted octanol–water partition coefficient (Wildman–Crippen LogP) is 1.75. The molecule has 5 nitrogen and oxygen atoms in total. The van der Waals surface area contributed by atoms with Crippen molar-refractivity contribution in [2.24, 2.45) is 5.73 Å². The Labute approximate surface area is 99.1 Å². The van der Waals surface area contributed by atoms with E-state index in [0.717, 1.165) is 11.6 Å². The minimum absolute atomic E-state index is 0.503. The maximum atomic E-state index is 9.06. The highest BCUT2D eigenvalue weighted by atomic mass is 35.5. The lowest BCUT2D eigenvalue weighted by atomic mass is 10.2. The zero-order chi connectivity index (χ0) is 12.4. The monoisotopic (exact) mass is 243 g/mol. The van der Waals surface area contributed by atoms with Crippen molar-refractivity contribution in [2.45, 2.75) is 6.54 Å². The summed E-state index contributed by atoms with van der Waals surface area (Å²) in [6, 6.07) is 7.69. The van der Waals surface area contributed by atoms with Crippen LogP contribution in [-0.4, -0.2) is 11.6 Å². The highest BCUT2D eigenvalue weighted by Crippen LogP contribution is 2.08. The van der Waals surface area contributed by atoms with E-state index in [1.807, 2.05) is 24.3 Å². The number of hydrogen-bond donors (Lipinski definition) is 2. The Kier molecular flexibility index (Phi) is 8.05. The molecule has 0 aliphatic rings. The van der Waals surface area contributed by atoms with Crippen LogP contribution in [0.25, 0.3) is 0 Å². The molecule has 0 spiro atoms. The van der Waals surface area contributed by atoms with Crippen LogP contribution in [0.5, 0.6) is 0 Å². The van der Waals surface area contributed by atoms with E-state index in [1.54, 1.807) is 0 Å². The van der Waals surface area contributed by atoms with Crippen LogP contribution in [0.15, 0.2) is 37.0 Å². The Hall–Kier alpha value is -1.43. The molecular formula is C10H14ClN3O2. The summed E-state index contributed by atoms with van der Waals surface area (Å²) in [4.78, 5) is 8.44. The molecule has 0 aliphatic carbocycles. The number of nitrogens with two attached hydrogens (primary N) is 1. The van der Waals surface area contributed by atoms with Crippen LogP contribution >= 0.6 is 11.6 Å². The van der Waals surface area contributed by atoms with Gasteiger partial charge in [0.1, 0.15) is 0 Å². The summed E-state index contributed by atoms with van der Waals surface area (Å²) >= 11 is 5.70. The van der Waals surface area contributed by atoms with Gasteiger partial charge in [-0.25, -0.2) is 0 Å². The van der Waals surface area contributed by atoms with E-state index in [2.05, 4.69) is 11.9 Å². The van der Waals surface area contributed by atoms with Gasteiger partial charge >= 0.3 is 0 Å². The van der Waals surface area contributed by atoms with Crippen molar-refractivity contribution < 1.29 is 4.92 Å². The molecule has 0 fully saturated rings. The van der Waals surface area contributed by atoms with Gasteiger partial charge in [0.2, 0.25) is 6.20 Å². The standard InChI is InChI=1S/C8H11ClN2.C2H3NO2/c9-8-3-1-7(2-4-8)5-11-6-10;1-2-3(4)5/h1-4,11H,5-6,10H2;2H,1H2. The molecular weight excluding hydrogens is 230 g/mol. The number of halogens is 1. The van der Waals surface area contributed by atoms with Gasteiger partial charge in [-0.05, 0) is 24.3 Å². The van der Waals surface area contributed by atoms with Gasteiger partial charge < -0.3 is 11.1 Å². The summed E-state index contributed by atoms with van der Waals surface area (Å²) in [7, 11) is 0. The Morgan fingerprint density at radius 1 is 1.50 bits per heavy atom. The third-order valence-electron chi connectivity index (χ3n) is 1.54. The van der Waals surface area contributed by atoms with Crippen LogP contribution in [0.3, 0.4) is 0 Å². The lowest BCUT2D eigenvalue weighted by Crippen LogP contribution is -2.21. The third kappa shape index (κ3) is 7.93. The number of hydrogen-bond acceptors (Lipinski definition) is 4. The maximum absolute atomic E-state index is 9.06. The van der Waals surface area contributed by atoms with Gasteiger partial charge in [0, 0.05) is 18.2 Å². The van der Waals surface area contributed by atoms with Crippen LogP contribution in [-0.2, 0) is 6.54 Å². The van der Waals surface area contributed by atoms with Crippen LogP contribution < -0.4 is 11.1 Å². The molecule has 3 N–H and O–H groups in total. The molecule has 16 heavy (non-hydrogen) atoms. The zero-order valence-electron chi connectivity index (χ0n) is 8.73. The fraction of sp³-hybridized carbons (Fsp3) is 0.200. The molecule has 1 aromatic rings. The van der Waals surface area contributed by atoms with Gasteiger partial charge in [0.15, 0.2) is 0 Å². The molecule has 0 bridgehead atoms. The molecule has 1 aromatic carbocycles. The largest absolute Gasteiger partial charge is 0.318 e. The maximum Gasteiger partial charge on any atom is 0.227 e. The average Bonchev–Trinajstić information content (AvgIpc) is 2.29. The normalized spacial score (nSPS) is 8.88. The molecule has 0 aliphatic heterocycles. The lowest BCUT2D eigenvalue weighted by molar-refractivity contribution is -0.401. The van der Waals surface area contributed by atoms with E-state index in [-0.39, 0.29) is 0 Å². The fourth-order valence-corrected chi connectivity index (χ4v) is 0.945. The summed E-state index contributed by atoms with van der Waals surface area (Å²) in [5, 5.41) is 12.8. The Morgan fingerprint density at radius 2 is 2.00 bits per heavy atom. The SMILES string of the molecule is C=C[N+](=O)[O-].NCNCc1ccc(Cl)cc1. The van der Waals surface area contributed by atoms with Gasteiger partial charge in [-0.15, -0.1) is 0 Å². The number of benzene rings is 1. The fourth-order valence-electron chi connectivity index (χ4n) is 0.819. The molecule has 6 heteroatoms. The minimum Gasteiger partial charge on any atom is -0.318 e. The summed E-state index contributed by atoms with van der Waals surface area (Å²) in [6.45, 7) is 4.16. The van der Waals surface area contributed by atoms with Gasteiger partial charge in [-0.2, -0.15) is 0 Å². The van der Waals surface area contributed by atoms with Gasteiger partial charge in [-0.3, -0.25) is 10.1 Å². The van der Waals surface area contributed by atoms with Crippen LogP contribution in [0.2, 0.25) is 5.02 Å². The predicted molar refractivity (Wildman–Crippen MR) is 64.5 cm³/mol. The first-order valence-electron chi connectivity index (χ1n) is 4.51. The molecule has 0 amide bonds. The van der Waals surface area contributed by atoms with Crippen LogP contribution in [0, 0.1) is 10.1 Å². The van der Waals surface area contributed by atoms with Gasteiger partial charge in [0.05, 0.1) is 4.92 Å². The van der Waals surface area contributed by atoms with E-state index in [4.69, 9.17) is 27.4 Å². The van der Waals surface area contributed by atoms with Crippen molar-refractivity contribution >= 4 is 11.6 Å². The van der Waals surface area contributed by atoms with Crippen molar-refractivity contribution in [3.8, 4) is 0 Å². The summed E-state index contributed by atoms with van der Waals surface area (Å²) in [5.74, 6) is 0. The molecule has 1 rings (SSSR count). The summed E-state index contributed by atoms with van der Waals surface area (Å²) in [6.07, 6.45) is 0.639. The highest BCUT2D eigenvalue weighted by Gasteiger charge is 1.90. The Bertz CT molecular complexity index is 327. The summed E-state index contributed by atoms with van der Waals surface area (Å²) < 4.78 is 0. The second kappa shape index (κ2) is 8.84. The highest BCUT2D eigenvalue weighted by molar-refractivity contribution is 6.30. The quantitative estimate of drug-likeness (QED) is 0.480. The molecule has 0 unspecified atom stereocenters. The van der Waals surface area contributed by atoms with Gasteiger partial charge in [0.25, 0.3) is 0 Å². The zero-order valence-corrected chi connectivity index (χ0v) is 9.48. The van der Waals surface area contributed by atoms with Crippen molar-refractivity contribution in [2.75, 3.05) is 6.67 Å². The lowest BCUT2D eigenvalue weighted by Gasteiger charge is -2.00. The first-order chi connectivity index (χ1) is 7.60. The number of rotatable bonds is 4. The number of nitrogens with zero attached hydrogens (tertiary/aromatic N) is 1. The average molecular weight is 244 g/mol. The van der Waals surface area contributed by atoms with Gasteiger partial charge in [-0.1, -0.05) is 23.7 Å². The van der Waals surface area contributed by atoms with Crippen molar-refractivity contribution in [1.82, 2.24) is 5.32 Å². The molecule has 0 saturated heterocycles. The third-order valence-corrected chi connectivity index (χ3v) is 1.79. The van der Waals surface area contributed by atoms with Crippen molar-refractivity contribution in [3.63, 3.8) is 0 Å². The van der Waals surface area contributed by atoms with E-state index < -0.39 is 4.92 Å². The molecule has 0 atom stereocenters. The smallest absolute Gasteiger partial charge is 0.227 e. The van der Waals surface area contributed by atoms with Crippen LogP contribution in [0.4, 0.5) is 0 Å². The second-order valence-corrected chi connectivity index (χ2v) is 3.16. The first kappa shape index (κ1) is 14.6. The number of nitrogens with one attached hydrogen (secondary N) is 1. The molecule has 0 heterocycles. The topological polar surface area (TPSA) is 81.2 Å². The van der Waals surface area contributed by atoms with E-state index in [0.29, 0.717) is 12.9 Å². The molecule has 88 valence electrons. The molecule has 0 saturated carbocycles. The first-order valence-corrected chi connectivity index (χ1v) is 4.89. The van der Waals surface area contributed by atoms with E-state index in [1.165, 1.54) is 5.56 Å². The van der Waals surface area contributed by atoms with Crippen LogP contribution in [0.1, 0.15) is 5.56 Å². The Balaban J connectivity index is 0.000000385. The summed E-state index contributed by atoms with van der Waals surface area (Å²) in [5.41, 5.74) is 6.46. The minimum atomic E-state index is -0.611.